The van der Waals surface area contributed by atoms with Crippen molar-refractivity contribution in [2.45, 2.75) is 26.3 Å². The van der Waals surface area contributed by atoms with E-state index in [4.69, 9.17) is 0 Å². The molecule has 1 atom stereocenters. The Morgan fingerprint density at radius 1 is 1.14 bits per heavy atom. The maximum absolute atomic E-state index is 13.0. The van der Waals surface area contributed by atoms with Crippen molar-refractivity contribution in [1.82, 2.24) is 14.8 Å². The Morgan fingerprint density at radius 2 is 1.83 bits per heavy atom. The third-order valence-electron chi connectivity index (χ3n) is 5.21. The smallest absolute Gasteiger partial charge is 0.295 e. The highest BCUT2D eigenvalue weighted by atomic mass is 16.3. The van der Waals surface area contributed by atoms with Crippen LogP contribution in [0.4, 0.5) is 0 Å². The van der Waals surface area contributed by atoms with Gasteiger partial charge >= 0.3 is 0 Å². The van der Waals surface area contributed by atoms with Gasteiger partial charge in [0.05, 0.1) is 11.6 Å². The van der Waals surface area contributed by atoms with Crippen LogP contribution in [-0.2, 0) is 9.59 Å². The van der Waals surface area contributed by atoms with Crippen molar-refractivity contribution in [2.24, 2.45) is 0 Å². The van der Waals surface area contributed by atoms with Crippen LogP contribution in [0.5, 0.6) is 0 Å². The van der Waals surface area contributed by atoms with Gasteiger partial charge in [0.15, 0.2) is 0 Å². The van der Waals surface area contributed by atoms with E-state index in [1.807, 2.05) is 51.0 Å². The lowest BCUT2D eigenvalue weighted by atomic mass is 9.93. The number of likely N-dealkylation sites (tertiary alicyclic amines) is 1. The normalized spacial score (nSPS) is 18.7. The molecule has 0 saturated carbocycles. The summed E-state index contributed by atoms with van der Waals surface area (Å²) < 4.78 is 0. The molecule has 2 aromatic rings. The van der Waals surface area contributed by atoms with Gasteiger partial charge in [-0.1, -0.05) is 17.7 Å². The van der Waals surface area contributed by atoms with Gasteiger partial charge in [-0.15, -0.1) is 0 Å². The van der Waals surface area contributed by atoms with E-state index < -0.39 is 17.7 Å². The number of nitrogens with zero attached hydrogens (tertiary/aromatic N) is 3. The molecule has 1 aromatic carbocycles. The highest BCUT2D eigenvalue weighted by Crippen LogP contribution is 2.39. The SMILES string of the molecule is Cc1ccc(C)c(/C(O)=C2\C(=O)C(=O)N(CCCN(C)C)C2c2ccncc2)c1. The number of aryl methyl sites for hydroxylation is 2. The van der Waals surface area contributed by atoms with Gasteiger partial charge in [-0.25, -0.2) is 0 Å². The first kappa shape index (κ1) is 20.7. The van der Waals surface area contributed by atoms with Gasteiger partial charge in [-0.05, 0) is 70.2 Å². The fourth-order valence-corrected chi connectivity index (χ4v) is 3.70. The van der Waals surface area contributed by atoms with Crippen LogP contribution in [0.1, 0.15) is 34.7 Å². The summed E-state index contributed by atoms with van der Waals surface area (Å²) in [4.78, 5) is 33.5. The van der Waals surface area contributed by atoms with Crippen LogP contribution in [-0.4, -0.2) is 58.8 Å². The van der Waals surface area contributed by atoms with Crippen LogP contribution in [0, 0.1) is 13.8 Å². The molecule has 3 rings (SSSR count). The van der Waals surface area contributed by atoms with Gasteiger partial charge in [0.1, 0.15) is 5.76 Å². The van der Waals surface area contributed by atoms with Crippen LogP contribution >= 0.6 is 0 Å². The second-order valence-electron chi connectivity index (χ2n) is 7.75. The lowest BCUT2D eigenvalue weighted by Crippen LogP contribution is -2.32. The van der Waals surface area contributed by atoms with Gasteiger partial charge in [0, 0.05) is 24.5 Å². The van der Waals surface area contributed by atoms with Crippen molar-refractivity contribution in [3.63, 3.8) is 0 Å². The van der Waals surface area contributed by atoms with Crippen molar-refractivity contribution in [2.75, 3.05) is 27.2 Å². The average Bonchev–Trinajstić information content (AvgIpc) is 2.94. The van der Waals surface area contributed by atoms with Crippen molar-refractivity contribution in [3.05, 3.63) is 70.6 Å². The Balaban J connectivity index is 2.12. The van der Waals surface area contributed by atoms with E-state index in [0.29, 0.717) is 12.1 Å². The highest BCUT2D eigenvalue weighted by molar-refractivity contribution is 6.46. The van der Waals surface area contributed by atoms with Crippen molar-refractivity contribution >= 4 is 17.4 Å². The van der Waals surface area contributed by atoms with E-state index >= 15 is 0 Å². The molecule has 2 heterocycles. The number of benzene rings is 1. The largest absolute Gasteiger partial charge is 0.507 e. The number of aromatic nitrogens is 1. The standard InChI is InChI=1S/C23H27N3O3/c1-15-6-7-16(2)18(14-15)21(27)19-20(17-8-10-24-11-9-17)26(23(29)22(19)28)13-5-12-25(3)4/h6-11,14,20,27H,5,12-13H2,1-4H3/b21-19+. The Kier molecular flexibility index (Phi) is 6.13. The maximum atomic E-state index is 13.0. The average molecular weight is 393 g/mol. The predicted molar refractivity (Wildman–Crippen MR) is 112 cm³/mol. The van der Waals surface area contributed by atoms with Crippen LogP contribution < -0.4 is 0 Å². The Bertz CT molecular complexity index is 951. The molecular formula is C23H27N3O3. The summed E-state index contributed by atoms with van der Waals surface area (Å²) in [5.74, 6) is -1.34. The molecule has 1 fully saturated rings. The van der Waals surface area contributed by atoms with Gasteiger partial charge < -0.3 is 14.9 Å². The first-order valence-electron chi connectivity index (χ1n) is 9.72. The second-order valence-corrected chi connectivity index (χ2v) is 7.75. The Morgan fingerprint density at radius 3 is 2.48 bits per heavy atom. The number of ketones is 1. The lowest BCUT2D eigenvalue weighted by molar-refractivity contribution is -0.139. The number of carbonyl (C=O) groups excluding carboxylic acids is 2. The fraction of sp³-hybridized carbons (Fsp3) is 0.348. The molecule has 1 aliphatic heterocycles. The number of aliphatic hydroxyl groups is 1. The fourth-order valence-electron chi connectivity index (χ4n) is 3.70. The molecular weight excluding hydrogens is 366 g/mol. The molecule has 152 valence electrons. The zero-order valence-corrected chi connectivity index (χ0v) is 17.3. The molecule has 6 heteroatoms. The van der Waals surface area contributed by atoms with Crippen molar-refractivity contribution in [3.8, 4) is 0 Å². The summed E-state index contributed by atoms with van der Waals surface area (Å²) in [7, 11) is 3.93. The number of aliphatic hydroxyl groups excluding tert-OH is 1. The third kappa shape index (κ3) is 4.22. The quantitative estimate of drug-likeness (QED) is 0.464. The van der Waals surface area contributed by atoms with Gasteiger partial charge in [-0.3, -0.25) is 14.6 Å². The van der Waals surface area contributed by atoms with E-state index in [9.17, 15) is 14.7 Å². The second kappa shape index (κ2) is 8.57. The van der Waals surface area contributed by atoms with E-state index in [0.717, 1.165) is 29.7 Å². The third-order valence-corrected chi connectivity index (χ3v) is 5.21. The monoisotopic (exact) mass is 393 g/mol. The summed E-state index contributed by atoms with van der Waals surface area (Å²) in [5, 5.41) is 11.1. The molecule has 0 bridgehead atoms. The van der Waals surface area contributed by atoms with Crippen molar-refractivity contribution < 1.29 is 14.7 Å². The zero-order chi connectivity index (χ0) is 21.1. The Labute approximate surface area is 171 Å². The molecule has 0 spiro atoms. The molecule has 1 amide bonds. The van der Waals surface area contributed by atoms with Crippen LogP contribution in [0.15, 0.2) is 48.3 Å². The minimum absolute atomic E-state index is 0.124. The summed E-state index contributed by atoms with van der Waals surface area (Å²) in [6.45, 7) is 5.03. The molecule has 1 aromatic heterocycles. The minimum atomic E-state index is -0.643. The number of Topliss-reactive ketones (excluding diaryl/α,β-unsaturated/α-hetero) is 1. The van der Waals surface area contributed by atoms with Crippen molar-refractivity contribution in [1.29, 1.82) is 0 Å². The zero-order valence-electron chi connectivity index (χ0n) is 17.3. The molecule has 1 saturated heterocycles. The van der Waals surface area contributed by atoms with Gasteiger partial charge in [0.2, 0.25) is 0 Å². The molecule has 6 nitrogen and oxygen atoms in total. The maximum Gasteiger partial charge on any atom is 0.295 e. The summed E-state index contributed by atoms with van der Waals surface area (Å²) in [5.41, 5.74) is 3.30. The molecule has 1 N–H and O–H groups in total. The van der Waals surface area contributed by atoms with E-state index in [2.05, 4.69) is 4.98 Å². The molecule has 0 radical (unpaired) electrons. The van der Waals surface area contributed by atoms with Gasteiger partial charge in [-0.2, -0.15) is 0 Å². The van der Waals surface area contributed by atoms with Crippen LogP contribution in [0.3, 0.4) is 0 Å². The first-order chi connectivity index (χ1) is 13.8. The number of hydrogen-bond donors (Lipinski definition) is 1. The van der Waals surface area contributed by atoms with E-state index in [-0.39, 0.29) is 11.3 Å². The van der Waals surface area contributed by atoms with Gasteiger partial charge in [0.25, 0.3) is 11.7 Å². The molecule has 29 heavy (non-hydrogen) atoms. The summed E-state index contributed by atoms with van der Waals surface area (Å²) in [6.07, 6.45) is 3.99. The number of amides is 1. The Hall–Kier alpha value is -2.99. The van der Waals surface area contributed by atoms with Crippen LogP contribution in [0.2, 0.25) is 0 Å². The predicted octanol–water partition coefficient (Wildman–Crippen LogP) is 3.07. The molecule has 1 unspecified atom stereocenters. The lowest BCUT2D eigenvalue weighted by Gasteiger charge is -2.26. The highest BCUT2D eigenvalue weighted by Gasteiger charge is 2.45. The minimum Gasteiger partial charge on any atom is -0.507 e. The molecule has 1 aliphatic rings. The van der Waals surface area contributed by atoms with Crippen LogP contribution in [0.25, 0.3) is 5.76 Å². The number of rotatable bonds is 6. The van der Waals surface area contributed by atoms with E-state index in [1.165, 1.54) is 0 Å². The van der Waals surface area contributed by atoms with E-state index in [1.54, 1.807) is 29.4 Å². The molecule has 0 aliphatic carbocycles. The number of carbonyl (C=O) groups is 2. The first-order valence-corrected chi connectivity index (χ1v) is 9.72. The topological polar surface area (TPSA) is 73.7 Å². The number of pyridine rings is 1. The summed E-state index contributed by atoms with van der Waals surface area (Å²) in [6, 6.07) is 8.64. The summed E-state index contributed by atoms with van der Waals surface area (Å²) >= 11 is 0. The number of hydrogen-bond acceptors (Lipinski definition) is 5.